The number of aromatic hydroxyl groups is 1. The molecule has 2 aromatic rings. The zero-order valence-corrected chi connectivity index (χ0v) is 12.0. The molecule has 1 aromatic heterocycles. The minimum absolute atomic E-state index is 0.183. The molecule has 6 heteroatoms. The largest absolute Gasteiger partial charge is 0.508 e. The van der Waals surface area contributed by atoms with E-state index in [0.29, 0.717) is 10.7 Å². The van der Waals surface area contributed by atoms with Crippen molar-refractivity contribution in [2.45, 2.75) is 17.3 Å². The van der Waals surface area contributed by atoms with Crippen molar-refractivity contribution in [3.8, 4) is 5.75 Å². The monoisotopic (exact) mass is 300 g/mol. The first-order valence-corrected chi connectivity index (χ1v) is 7.24. The summed E-state index contributed by atoms with van der Waals surface area (Å²) in [5, 5.41) is 9.39. The molecule has 5 nitrogen and oxygen atoms in total. The number of aromatic nitrogens is 2. The van der Waals surface area contributed by atoms with Crippen LogP contribution in [0, 0.1) is 0 Å². The number of benzene rings is 1. The summed E-state index contributed by atoms with van der Waals surface area (Å²) in [5.41, 5.74) is 0.846. The summed E-state index contributed by atoms with van der Waals surface area (Å²) < 4.78 is 1.13. The Morgan fingerprint density at radius 2 is 1.95 bits per heavy atom. The second-order valence-electron chi connectivity index (χ2n) is 4.66. The Labute approximate surface area is 125 Å². The van der Waals surface area contributed by atoms with Gasteiger partial charge >= 0.3 is 0 Å². The highest BCUT2D eigenvalue weighted by molar-refractivity contribution is 8.00. The van der Waals surface area contributed by atoms with Crippen LogP contribution in [0.2, 0.25) is 0 Å². The van der Waals surface area contributed by atoms with Crippen molar-refractivity contribution in [3.05, 3.63) is 51.9 Å². The van der Waals surface area contributed by atoms with Crippen LogP contribution in [0.5, 0.6) is 5.75 Å². The molecule has 0 bridgehead atoms. The lowest BCUT2D eigenvalue weighted by molar-refractivity contribution is 0.0908. The van der Waals surface area contributed by atoms with E-state index in [2.05, 4.69) is 4.98 Å². The van der Waals surface area contributed by atoms with E-state index in [1.165, 1.54) is 18.0 Å². The number of phenols is 1. The molecular weight excluding hydrogens is 288 g/mol. The van der Waals surface area contributed by atoms with Crippen LogP contribution in [0.1, 0.15) is 22.8 Å². The van der Waals surface area contributed by atoms with Crippen LogP contribution >= 0.6 is 11.8 Å². The summed E-state index contributed by atoms with van der Waals surface area (Å²) in [6.07, 6.45) is 4.83. The highest BCUT2D eigenvalue weighted by atomic mass is 32.2. The van der Waals surface area contributed by atoms with E-state index >= 15 is 0 Å². The molecule has 21 heavy (non-hydrogen) atoms. The number of hydrogen-bond acceptors (Lipinski definition) is 5. The second kappa shape index (κ2) is 5.21. The number of fused-ring (bicyclic) bond motifs is 1. The molecule has 1 atom stereocenters. The summed E-state index contributed by atoms with van der Waals surface area (Å²) in [7, 11) is 0. The van der Waals surface area contributed by atoms with Gasteiger partial charge in [0, 0.05) is 6.20 Å². The third kappa shape index (κ3) is 2.50. The first-order chi connectivity index (χ1) is 10.1. The number of carbonyl (C=O) groups is 1. The molecule has 0 saturated carbocycles. The van der Waals surface area contributed by atoms with Gasteiger partial charge in [0.05, 0.1) is 10.8 Å². The van der Waals surface area contributed by atoms with E-state index in [1.54, 1.807) is 43.3 Å². The number of carbonyl (C=O) groups excluding carboxylic acids is 1. The van der Waals surface area contributed by atoms with Gasteiger partial charge in [-0.1, -0.05) is 30.0 Å². The maximum atomic E-state index is 12.3. The Bertz CT molecular complexity index is 794. The molecule has 0 spiro atoms. The second-order valence-corrected chi connectivity index (χ2v) is 5.97. The van der Waals surface area contributed by atoms with Gasteiger partial charge in [0.2, 0.25) is 5.91 Å². The third-order valence-corrected chi connectivity index (χ3v) is 4.21. The predicted octanol–water partition coefficient (Wildman–Crippen LogP) is 2.25. The van der Waals surface area contributed by atoms with E-state index in [-0.39, 0.29) is 22.5 Å². The van der Waals surface area contributed by atoms with Crippen LogP contribution in [-0.4, -0.2) is 25.8 Å². The summed E-state index contributed by atoms with van der Waals surface area (Å²) in [6.45, 7) is 1.76. The van der Waals surface area contributed by atoms with Gasteiger partial charge in [-0.15, -0.1) is 0 Å². The van der Waals surface area contributed by atoms with Crippen LogP contribution in [0.15, 0.2) is 40.4 Å². The fourth-order valence-electron chi connectivity index (χ4n) is 2.01. The quantitative estimate of drug-likeness (QED) is 0.861. The summed E-state index contributed by atoms with van der Waals surface area (Å²) in [5.74, 6) is -0.0459. The minimum Gasteiger partial charge on any atom is -0.508 e. The van der Waals surface area contributed by atoms with Crippen molar-refractivity contribution in [2.75, 3.05) is 0 Å². The molecular formula is C15H12N2O3S. The summed E-state index contributed by atoms with van der Waals surface area (Å²) in [4.78, 5) is 28.4. The van der Waals surface area contributed by atoms with Crippen molar-refractivity contribution < 1.29 is 9.90 Å². The van der Waals surface area contributed by atoms with E-state index in [0.717, 1.165) is 10.1 Å². The Kier molecular flexibility index (Phi) is 3.39. The van der Waals surface area contributed by atoms with E-state index < -0.39 is 0 Å². The average molecular weight is 300 g/mol. The Morgan fingerprint density at radius 1 is 1.24 bits per heavy atom. The molecule has 106 valence electrons. The zero-order chi connectivity index (χ0) is 15.0. The van der Waals surface area contributed by atoms with Crippen molar-refractivity contribution in [2.24, 2.45) is 0 Å². The van der Waals surface area contributed by atoms with Crippen LogP contribution in [0.4, 0.5) is 0 Å². The molecule has 1 aliphatic heterocycles. The van der Waals surface area contributed by atoms with Gasteiger partial charge < -0.3 is 5.11 Å². The number of nitrogens with zero attached hydrogens (tertiary/aromatic N) is 2. The molecule has 0 amide bonds. The van der Waals surface area contributed by atoms with Gasteiger partial charge in [0.1, 0.15) is 5.75 Å². The molecule has 0 radical (unpaired) electrons. The maximum Gasteiger partial charge on any atom is 0.268 e. The lowest BCUT2D eigenvalue weighted by atomic mass is 10.2. The fraction of sp³-hybridized carbons (Fsp3) is 0.133. The number of thioether (sulfide) groups is 1. The van der Waals surface area contributed by atoms with Crippen LogP contribution in [0.25, 0.3) is 12.2 Å². The summed E-state index contributed by atoms with van der Waals surface area (Å²) in [6, 6.07) is 6.59. The van der Waals surface area contributed by atoms with Gasteiger partial charge in [-0.25, -0.2) is 9.55 Å². The van der Waals surface area contributed by atoms with Crippen LogP contribution < -0.4 is 5.56 Å². The predicted molar refractivity (Wildman–Crippen MR) is 81.5 cm³/mol. The zero-order valence-electron chi connectivity index (χ0n) is 11.2. The lowest BCUT2D eigenvalue weighted by Gasteiger charge is -2.00. The van der Waals surface area contributed by atoms with Crippen LogP contribution in [0.3, 0.4) is 0 Å². The maximum absolute atomic E-state index is 12.3. The van der Waals surface area contributed by atoms with Gasteiger partial charge in [-0.2, -0.15) is 0 Å². The van der Waals surface area contributed by atoms with Crippen molar-refractivity contribution in [1.29, 1.82) is 0 Å². The van der Waals surface area contributed by atoms with Gasteiger partial charge in [-0.05, 0) is 30.7 Å². The average Bonchev–Trinajstić information content (AvgIpc) is 2.76. The van der Waals surface area contributed by atoms with Crippen molar-refractivity contribution in [3.63, 3.8) is 0 Å². The minimum atomic E-state index is -0.350. The van der Waals surface area contributed by atoms with E-state index in [4.69, 9.17) is 0 Å². The van der Waals surface area contributed by atoms with E-state index in [1.807, 2.05) is 0 Å². The Morgan fingerprint density at radius 3 is 2.67 bits per heavy atom. The Balaban J connectivity index is 1.96. The number of rotatable bonds is 2. The molecule has 3 rings (SSSR count). The molecule has 1 aliphatic rings. The molecule has 2 heterocycles. The molecule has 1 unspecified atom stereocenters. The van der Waals surface area contributed by atoms with Gasteiger partial charge in [0.25, 0.3) is 5.56 Å². The Hall–Kier alpha value is -2.34. The number of phenolic OH excluding ortho intramolecular Hbond substituents is 1. The smallest absolute Gasteiger partial charge is 0.268 e. The normalized spacial score (nSPS) is 17.4. The number of hydrogen-bond donors (Lipinski definition) is 1. The van der Waals surface area contributed by atoms with Gasteiger partial charge in [-0.3, -0.25) is 9.59 Å². The van der Waals surface area contributed by atoms with Crippen molar-refractivity contribution >= 4 is 29.8 Å². The highest BCUT2D eigenvalue weighted by Gasteiger charge is 2.30. The molecule has 1 aromatic carbocycles. The molecule has 0 aliphatic carbocycles. The van der Waals surface area contributed by atoms with Crippen molar-refractivity contribution in [1.82, 2.24) is 9.55 Å². The first-order valence-electron chi connectivity index (χ1n) is 6.36. The third-order valence-electron chi connectivity index (χ3n) is 3.15. The topological polar surface area (TPSA) is 72.2 Å². The summed E-state index contributed by atoms with van der Waals surface area (Å²) >= 11 is 1.29. The SMILES string of the molecule is CC1Sc2ncc(/C=C/c3ccc(O)cc3)c(=O)n2C1=O. The molecule has 0 saturated heterocycles. The van der Waals surface area contributed by atoms with Gasteiger partial charge in [0.15, 0.2) is 5.16 Å². The fourth-order valence-corrected chi connectivity index (χ4v) is 2.92. The molecule has 1 N–H and O–H groups in total. The van der Waals surface area contributed by atoms with Crippen LogP contribution in [-0.2, 0) is 0 Å². The van der Waals surface area contributed by atoms with E-state index in [9.17, 15) is 14.7 Å². The lowest BCUT2D eigenvalue weighted by Crippen LogP contribution is -2.29. The molecule has 0 fully saturated rings. The first kappa shape index (κ1) is 13.6. The highest BCUT2D eigenvalue weighted by Crippen LogP contribution is 2.28. The standard InChI is InChI=1S/C15H12N2O3S/c1-9-13(19)17-14(20)11(8-16-15(17)21-9)5-2-10-3-6-12(18)7-4-10/h2-9,18H,1H3/b5-2+.